The molecule has 24 heavy (non-hydrogen) atoms. The summed E-state index contributed by atoms with van der Waals surface area (Å²) in [7, 11) is 0. The number of nitrogens with zero attached hydrogens (tertiary/aromatic N) is 2. The second kappa shape index (κ2) is 8.50. The molecule has 0 aromatic heterocycles. The number of hydrogen-bond acceptors (Lipinski definition) is 6. The number of esters is 2. The molecule has 0 aliphatic carbocycles. The third-order valence-electron chi connectivity index (χ3n) is 4.32. The van der Waals surface area contributed by atoms with Crippen LogP contribution < -0.4 is 0 Å². The molecule has 0 radical (unpaired) electrons. The number of carbonyl (C=O) groups excluding carboxylic acids is 2. The van der Waals surface area contributed by atoms with Crippen LogP contribution >= 0.6 is 11.8 Å². The quantitative estimate of drug-likeness (QED) is 0.512. The van der Waals surface area contributed by atoms with Gasteiger partial charge in [0.05, 0.1) is 26.3 Å². The third kappa shape index (κ3) is 5.60. The zero-order chi connectivity index (χ0) is 18.5. The summed E-state index contributed by atoms with van der Waals surface area (Å²) in [5, 5.41) is 0. The van der Waals surface area contributed by atoms with E-state index in [-0.39, 0.29) is 42.1 Å². The van der Waals surface area contributed by atoms with Crippen LogP contribution in [0.2, 0.25) is 0 Å². The molecule has 1 rings (SSSR count). The number of hydrogen-bond donors (Lipinski definition) is 0. The van der Waals surface area contributed by atoms with Crippen molar-refractivity contribution in [1.82, 2.24) is 9.32 Å². The molecule has 0 unspecified atom stereocenters. The van der Waals surface area contributed by atoms with Crippen LogP contribution in [-0.4, -0.2) is 64.7 Å². The molecule has 0 bridgehead atoms. The predicted octanol–water partition coefficient (Wildman–Crippen LogP) is 2.59. The maximum atomic E-state index is 12.0. The molecule has 0 spiro atoms. The molecule has 1 fully saturated rings. The summed E-state index contributed by atoms with van der Waals surface area (Å²) in [6.45, 7) is 12.6. The van der Waals surface area contributed by atoms with Gasteiger partial charge in [-0.3, -0.25) is 14.5 Å². The van der Waals surface area contributed by atoms with E-state index in [0.717, 1.165) is 12.8 Å². The minimum Gasteiger partial charge on any atom is -0.465 e. The van der Waals surface area contributed by atoms with Gasteiger partial charge in [-0.2, -0.15) is 0 Å². The van der Waals surface area contributed by atoms with Crippen LogP contribution in [0.25, 0.3) is 0 Å². The zero-order valence-corrected chi connectivity index (χ0v) is 16.5. The fourth-order valence-electron chi connectivity index (χ4n) is 3.52. The Morgan fingerprint density at radius 3 is 1.71 bits per heavy atom. The van der Waals surface area contributed by atoms with E-state index >= 15 is 0 Å². The van der Waals surface area contributed by atoms with Gasteiger partial charge in [0, 0.05) is 17.1 Å². The Bertz CT molecular complexity index is 416. The van der Waals surface area contributed by atoms with E-state index in [4.69, 9.17) is 21.3 Å². The Labute approximate surface area is 150 Å². The van der Waals surface area contributed by atoms with E-state index in [9.17, 15) is 9.59 Å². The molecule has 0 saturated carbocycles. The highest BCUT2D eigenvalue weighted by atomic mass is 35.5. The van der Waals surface area contributed by atoms with Crippen molar-refractivity contribution in [2.24, 2.45) is 0 Å². The van der Waals surface area contributed by atoms with Crippen LogP contribution in [0.1, 0.15) is 54.4 Å². The first-order valence-corrected chi connectivity index (χ1v) is 8.88. The molecule has 7 heteroatoms. The standard InChI is InChI=1S/C17H31ClN2O4/c1-7-23-14(21)11-19(12-15(22)24-8-2)13-9-16(3,4)20(18)17(5,6)10-13/h13H,7-12H2,1-6H3. The Kier molecular flexibility index (Phi) is 7.50. The maximum Gasteiger partial charge on any atom is 0.320 e. The van der Waals surface area contributed by atoms with Crippen molar-refractivity contribution in [3.8, 4) is 0 Å². The number of halogens is 1. The molecule has 1 aliphatic rings. The average molecular weight is 363 g/mol. The number of carbonyl (C=O) groups is 2. The van der Waals surface area contributed by atoms with E-state index in [1.807, 2.05) is 9.32 Å². The Balaban J connectivity index is 2.95. The fourth-order valence-corrected chi connectivity index (χ4v) is 3.66. The Morgan fingerprint density at radius 2 is 1.38 bits per heavy atom. The Hall–Kier alpha value is -0.850. The van der Waals surface area contributed by atoms with E-state index in [1.54, 1.807) is 13.8 Å². The summed E-state index contributed by atoms with van der Waals surface area (Å²) in [6, 6.07) is 0.0406. The molecule has 0 aromatic rings. The van der Waals surface area contributed by atoms with Gasteiger partial charge in [0.15, 0.2) is 0 Å². The summed E-state index contributed by atoms with van der Waals surface area (Å²) in [4.78, 5) is 25.8. The smallest absolute Gasteiger partial charge is 0.320 e. The lowest BCUT2D eigenvalue weighted by molar-refractivity contribution is -0.150. The fraction of sp³-hybridized carbons (Fsp3) is 0.882. The summed E-state index contributed by atoms with van der Waals surface area (Å²) >= 11 is 6.51. The van der Waals surface area contributed by atoms with Crippen LogP contribution in [0.3, 0.4) is 0 Å². The van der Waals surface area contributed by atoms with Gasteiger partial charge in [-0.25, -0.2) is 4.42 Å². The normalized spacial score (nSPS) is 20.8. The first-order chi connectivity index (χ1) is 11.0. The lowest BCUT2D eigenvalue weighted by Gasteiger charge is -2.53. The molecule has 140 valence electrons. The molecule has 0 amide bonds. The van der Waals surface area contributed by atoms with Crippen molar-refractivity contribution in [3.63, 3.8) is 0 Å². The van der Waals surface area contributed by atoms with Crippen molar-refractivity contribution in [2.75, 3.05) is 26.3 Å². The number of rotatable bonds is 7. The van der Waals surface area contributed by atoms with Crippen LogP contribution in [0.15, 0.2) is 0 Å². The largest absolute Gasteiger partial charge is 0.465 e. The van der Waals surface area contributed by atoms with E-state index in [2.05, 4.69) is 27.7 Å². The second-order valence-corrected chi connectivity index (χ2v) is 7.82. The molecule has 0 N–H and O–H groups in total. The highest BCUT2D eigenvalue weighted by Gasteiger charge is 2.46. The predicted molar refractivity (Wildman–Crippen MR) is 93.7 cm³/mol. The summed E-state index contributed by atoms with van der Waals surface area (Å²) < 4.78 is 12.0. The molecule has 1 saturated heterocycles. The maximum absolute atomic E-state index is 12.0. The van der Waals surface area contributed by atoms with Gasteiger partial charge in [-0.1, -0.05) is 0 Å². The van der Waals surface area contributed by atoms with Crippen LogP contribution in [0.4, 0.5) is 0 Å². The molecular weight excluding hydrogens is 332 g/mol. The highest BCUT2D eigenvalue weighted by molar-refractivity contribution is 6.14. The molecule has 6 nitrogen and oxygen atoms in total. The van der Waals surface area contributed by atoms with Crippen molar-refractivity contribution < 1.29 is 19.1 Å². The summed E-state index contributed by atoms with van der Waals surface area (Å²) in [6.07, 6.45) is 1.50. The van der Waals surface area contributed by atoms with Gasteiger partial charge in [-0.15, -0.1) is 0 Å². The molecule has 1 heterocycles. The van der Waals surface area contributed by atoms with E-state index in [0.29, 0.717) is 13.2 Å². The SMILES string of the molecule is CCOC(=O)CN(CC(=O)OCC)C1CC(C)(C)N(Cl)C(C)(C)C1. The molecule has 0 aromatic carbocycles. The molecular formula is C17H31ClN2O4. The van der Waals surface area contributed by atoms with Gasteiger partial charge >= 0.3 is 11.9 Å². The van der Waals surface area contributed by atoms with Crippen molar-refractivity contribution in [3.05, 3.63) is 0 Å². The van der Waals surface area contributed by atoms with Crippen LogP contribution in [-0.2, 0) is 19.1 Å². The monoisotopic (exact) mass is 362 g/mol. The lowest BCUT2D eigenvalue weighted by atomic mass is 9.79. The van der Waals surface area contributed by atoms with Crippen molar-refractivity contribution in [2.45, 2.75) is 71.5 Å². The molecule has 1 aliphatic heterocycles. The second-order valence-electron chi connectivity index (χ2n) is 7.48. The van der Waals surface area contributed by atoms with Gasteiger partial charge < -0.3 is 9.47 Å². The summed E-state index contributed by atoms with van der Waals surface area (Å²) in [5.74, 6) is -0.656. The first-order valence-electron chi connectivity index (χ1n) is 8.55. The summed E-state index contributed by atoms with van der Waals surface area (Å²) in [5.41, 5.74) is -0.509. The average Bonchev–Trinajstić information content (AvgIpc) is 2.44. The van der Waals surface area contributed by atoms with Gasteiger partial charge in [0.1, 0.15) is 0 Å². The Morgan fingerprint density at radius 1 is 1.00 bits per heavy atom. The van der Waals surface area contributed by atoms with E-state index in [1.165, 1.54) is 0 Å². The van der Waals surface area contributed by atoms with E-state index < -0.39 is 0 Å². The van der Waals surface area contributed by atoms with Crippen molar-refractivity contribution in [1.29, 1.82) is 0 Å². The number of ether oxygens (including phenoxy) is 2. The van der Waals surface area contributed by atoms with Crippen LogP contribution in [0.5, 0.6) is 0 Å². The zero-order valence-electron chi connectivity index (χ0n) is 15.7. The number of piperidine rings is 1. The van der Waals surface area contributed by atoms with Gasteiger partial charge in [0.25, 0.3) is 0 Å². The minimum atomic E-state index is -0.328. The third-order valence-corrected chi connectivity index (χ3v) is 5.24. The van der Waals surface area contributed by atoms with Gasteiger partial charge in [0.2, 0.25) is 0 Å². The van der Waals surface area contributed by atoms with Crippen LogP contribution in [0, 0.1) is 0 Å². The topological polar surface area (TPSA) is 59.1 Å². The lowest BCUT2D eigenvalue weighted by Crippen LogP contribution is -2.61. The molecule has 0 atom stereocenters. The minimum absolute atomic E-state index is 0.0406. The van der Waals surface area contributed by atoms with Crippen molar-refractivity contribution >= 4 is 23.7 Å². The first kappa shape index (κ1) is 21.2. The highest BCUT2D eigenvalue weighted by Crippen LogP contribution is 2.41. The van der Waals surface area contributed by atoms with Gasteiger partial charge in [-0.05, 0) is 66.2 Å².